The number of halogens is 3. The quantitative estimate of drug-likeness (QED) is 0.340. The van der Waals surface area contributed by atoms with Gasteiger partial charge in [0, 0.05) is 18.7 Å². The van der Waals surface area contributed by atoms with E-state index >= 15 is 0 Å². The smallest absolute Gasteiger partial charge is 0.258 e. The fourth-order valence-corrected chi connectivity index (χ4v) is 3.81. The highest BCUT2D eigenvalue weighted by Gasteiger charge is 2.42. The number of nitro benzene ring substituents is 1. The van der Waals surface area contributed by atoms with Crippen molar-refractivity contribution in [3.63, 3.8) is 0 Å². The van der Waals surface area contributed by atoms with Gasteiger partial charge in [-0.1, -0.05) is 46.9 Å². The van der Waals surface area contributed by atoms with Crippen LogP contribution in [0.2, 0.25) is 0 Å². The van der Waals surface area contributed by atoms with Gasteiger partial charge in [0.15, 0.2) is 0 Å². The molecule has 1 aliphatic rings. The van der Waals surface area contributed by atoms with Crippen molar-refractivity contribution in [3.8, 4) is 0 Å². The Morgan fingerprint density at radius 2 is 2.10 bits per heavy atom. The molecular formula is C10H9Cl3N2O5S. The second-order valence-corrected chi connectivity index (χ2v) is 8.43. The SMILES string of the molecule is O=[N+]([O-])c1cccc(C2CN2OS(=O)(=O)CC(Cl)(Cl)Cl)c1. The standard InChI is InChI=1S/C10H9Cl3N2O5S/c11-10(12,13)6-21(18,19)20-14-5-9(14)7-2-1-3-8(4-7)15(16)17/h1-4,9H,5-6H2. The maximum Gasteiger partial charge on any atom is 0.287 e. The molecule has 0 N–H and O–H groups in total. The van der Waals surface area contributed by atoms with Crippen LogP contribution < -0.4 is 0 Å². The van der Waals surface area contributed by atoms with Gasteiger partial charge in [0.05, 0.1) is 11.0 Å². The Balaban J connectivity index is 2.02. The number of nitro groups is 1. The number of non-ortho nitro benzene ring substituents is 1. The number of nitrogens with zero attached hydrogens (tertiary/aromatic N) is 2. The van der Waals surface area contributed by atoms with Gasteiger partial charge in [-0.25, -0.2) is 0 Å². The highest BCUT2D eigenvalue weighted by atomic mass is 35.6. The minimum atomic E-state index is -4.05. The fraction of sp³-hybridized carbons (Fsp3) is 0.400. The highest BCUT2D eigenvalue weighted by Crippen LogP contribution is 2.38. The van der Waals surface area contributed by atoms with Gasteiger partial charge in [0.1, 0.15) is 5.75 Å². The summed E-state index contributed by atoms with van der Waals surface area (Å²) in [7, 11) is -4.05. The van der Waals surface area contributed by atoms with Crippen molar-refractivity contribution < 1.29 is 17.6 Å². The van der Waals surface area contributed by atoms with Crippen LogP contribution in [-0.2, 0) is 14.4 Å². The number of alkyl halides is 3. The van der Waals surface area contributed by atoms with Crippen LogP contribution in [0, 0.1) is 10.1 Å². The van der Waals surface area contributed by atoms with Gasteiger partial charge in [0.25, 0.3) is 15.8 Å². The first-order valence-electron chi connectivity index (χ1n) is 5.57. The van der Waals surface area contributed by atoms with Crippen LogP contribution in [0.3, 0.4) is 0 Å². The van der Waals surface area contributed by atoms with Gasteiger partial charge in [-0.3, -0.25) is 10.1 Å². The molecule has 0 bridgehead atoms. The van der Waals surface area contributed by atoms with E-state index in [0.29, 0.717) is 5.56 Å². The first kappa shape index (κ1) is 16.7. The second kappa shape index (κ2) is 5.86. The van der Waals surface area contributed by atoms with E-state index in [0.717, 1.165) is 5.06 Å². The van der Waals surface area contributed by atoms with Crippen molar-refractivity contribution in [1.82, 2.24) is 5.06 Å². The summed E-state index contributed by atoms with van der Waals surface area (Å²) in [6, 6.07) is 5.48. The van der Waals surface area contributed by atoms with E-state index < -0.39 is 24.6 Å². The van der Waals surface area contributed by atoms with Gasteiger partial charge in [0.2, 0.25) is 3.79 Å². The van der Waals surface area contributed by atoms with Crippen molar-refractivity contribution in [3.05, 3.63) is 39.9 Å². The minimum Gasteiger partial charge on any atom is -0.258 e. The van der Waals surface area contributed by atoms with Crippen molar-refractivity contribution in [2.75, 3.05) is 12.3 Å². The topological polar surface area (TPSA) is 89.5 Å². The molecule has 116 valence electrons. The second-order valence-electron chi connectivity index (χ2n) is 4.36. The van der Waals surface area contributed by atoms with Crippen molar-refractivity contribution in [1.29, 1.82) is 0 Å². The lowest BCUT2D eigenvalue weighted by atomic mass is 10.1. The molecule has 21 heavy (non-hydrogen) atoms. The van der Waals surface area contributed by atoms with E-state index in [1.807, 2.05) is 0 Å². The lowest BCUT2D eigenvalue weighted by molar-refractivity contribution is -0.384. The molecule has 2 rings (SSSR count). The molecule has 7 nitrogen and oxygen atoms in total. The Hall–Kier alpha value is -0.640. The summed E-state index contributed by atoms with van der Waals surface area (Å²) in [6.45, 7) is 0.278. The summed E-state index contributed by atoms with van der Waals surface area (Å²) in [5.74, 6) is -0.789. The normalized spacial score (nSPS) is 22.0. The van der Waals surface area contributed by atoms with E-state index in [4.69, 9.17) is 39.1 Å². The van der Waals surface area contributed by atoms with Crippen LogP contribution in [0.5, 0.6) is 0 Å². The molecule has 2 unspecified atom stereocenters. The van der Waals surface area contributed by atoms with Crippen LogP contribution in [0.25, 0.3) is 0 Å². The van der Waals surface area contributed by atoms with Crippen LogP contribution in [0.15, 0.2) is 24.3 Å². The molecule has 11 heteroatoms. The highest BCUT2D eigenvalue weighted by molar-refractivity contribution is 7.87. The van der Waals surface area contributed by atoms with Crippen LogP contribution in [-0.4, -0.2) is 34.5 Å². The molecular weight excluding hydrogens is 367 g/mol. The number of hydroxylamine groups is 2. The molecule has 0 saturated carbocycles. The average molecular weight is 376 g/mol. The third-order valence-corrected chi connectivity index (χ3v) is 4.66. The van der Waals surface area contributed by atoms with Gasteiger partial charge in [-0.2, -0.15) is 17.8 Å². The Kier molecular flexibility index (Phi) is 4.67. The molecule has 0 amide bonds. The van der Waals surface area contributed by atoms with E-state index in [1.54, 1.807) is 6.07 Å². The van der Waals surface area contributed by atoms with Gasteiger partial charge in [-0.05, 0) is 5.56 Å². The summed E-state index contributed by atoms with van der Waals surface area (Å²) >= 11 is 16.2. The molecule has 2 atom stereocenters. The van der Waals surface area contributed by atoms with Gasteiger partial charge >= 0.3 is 0 Å². The first-order valence-corrected chi connectivity index (χ1v) is 8.28. The Morgan fingerprint density at radius 1 is 1.43 bits per heavy atom. The van der Waals surface area contributed by atoms with E-state index in [1.165, 1.54) is 18.2 Å². The Morgan fingerprint density at radius 3 is 2.67 bits per heavy atom. The molecule has 1 fully saturated rings. The molecule has 1 saturated heterocycles. The predicted molar refractivity (Wildman–Crippen MR) is 77.7 cm³/mol. The molecule has 0 radical (unpaired) electrons. The minimum absolute atomic E-state index is 0.0801. The van der Waals surface area contributed by atoms with Crippen molar-refractivity contribution in [2.24, 2.45) is 0 Å². The number of rotatable bonds is 5. The van der Waals surface area contributed by atoms with E-state index in [9.17, 15) is 18.5 Å². The Bertz CT molecular complexity index is 661. The lowest BCUT2D eigenvalue weighted by Crippen LogP contribution is -2.23. The summed E-state index contributed by atoms with van der Waals surface area (Å²) in [4.78, 5) is 10.2. The van der Waals surface area contributed by atoms with Gasteiger partial charge in [-0.15, -0.1) is 0 Å². The zero-order valence-corrected chi connectivity index (χ0v) is 13.4. The summed E-state index contributed by atoms with van der Waals surface area (Å²) < 4.78 is 26.0. The molecule has 0 spiro atoms. The number of benzene rings is 1. The molecule has 1 aromatic carbocycles. The first-order chi connectivity index (χ1) is 9.57. The summed E-state index contributed by atoms with van der Waals surface area (Å²) in [5, 5.41) is 11.8. The zero-order chi connectivity index (χ0) is 15.8. The van der Waals surface area contributed by atoms with Gasteiger partial charge < -0.3 is 0 Å². The van der Waals surface area contributed by atoms with Crippen LogP contribution >= 0.6 is 34.8 Å². The maximum atomic E-state index is 11.6. The third-order valence-electron chi connectivity index (χ3n) is 2.58. The summed E-state index contributed by atoms with van der Waals surface area (Å²) in [6.07, 6.45) is 0. The maximum absolute atomic E-state index is 11.6. The number of hydrogen-bond acceptors (Lipinski definition) is 6. The molecule has 0 aliphatic carbocycles. The Labute approximate surface area is 135 Å². The van der Waals surface area contributed by atoms with Crippen LogP contribution in [0.4, 0.5) is 5.69 Å². The molecule has 0 aromatic heterocycles. The van der Waals surface area contributed by atoms with Crippen LogP contribution in [0.1, 0.15) is 11.6 Å². The van der Waals surface area contributed by atoms with Crippen molar-refractivity contribution >= 4 is 50.6 Å². The van der Waals surface area contributed by atoms with E-state index in [-0.39, 0.29) is 18.3 Å². The third kappa shape index (κ3) is 4.94. The fourth-order valence-electron chi connectivity index (χ4n) is 1.70. The van der Waals surface area contributed by atoms with E-state index in [2.05, 4.69) is 0 Å². The molecule has 1 heterocycles. The number of hydrogen-bond donors (Lipinski definition) is 0. The lowest BCUT2D eigenvalue weighted by Gasteiger charge is -2.11. The average Bonchev–Trinajstić information content (AvgIpc) is 3.04. The predicted octanol–water partition coefficient (Wildman–Crippen LogP) is 2.58. The molecule has 1 aliphatic heterocycles. The zero-order valence-electron chi connectivity index (χ0n) is 10.3. The summed E-state index contributed by atoms with van der Waals surface area (Å²) in [5.41, 5.74) is 0.497. The molecule has 1 aromatic rings. The largest absolute Gasteiger partial charge is 0.287 e. The van der Waals surface area contributed by atoms with Crippen molar-refractivity contribution in [2.45, 2.75) is 9.83 Å². The monoisotopic (exact) mass is 374 g/mol.